The topological polar surface area (TPSA) is 94.0 Å². The van der Waals surface area contributed by atoms with Crippen molar-refractivity contribution in [1.82, 2.24) is 15.0 Å². The average molecular weight is 308 g/mol. The molecule has 23 heavy (non-hydrogen) atoms. The molecule has 0 bridgehead atoms. The predicted molar refractivity (Wildman–Crippen MR) is 94.5 cm³/mol. The van der Waals surface area contributed by atoms with Gasteiger partial charge in [0.25, 0.3) is 0 Å². The maximum Gasteiger partial charge on any atom is 0.221 e. The number of pyridine rings is 1. The Labute approximate surface area is 135 Å². The second-order valence-corrected chi connectivity index (χ2v) is 5.86. The summed E-state index contributed by atoms with van der Waals surface area (Å²) in [5.41, 5.74) is 15.6. The zero-order chi connectivity index (χ0) is 16.6. The van der Waals surface area contributed by atoms with Gasteiger partial charge in [0.1, 0.15) is 11.6 Å². The number of nitrogens with two attached hydrogens (primary N) is 2. The Morgan fingerprint density at radius 3 is 2.57 bits per heavy atom. The van der Waals surface area contributed by atoms with E-state index in [0.717, 1.165) is 27.8 Å². The summed E-state index contributed by atoms with van der Waals surface area (Å²) in [6, 6.07) is 8.34. The molecular formula is C17H20N6. The summed E-state index contributed by atoms with van der Waals surface area (Å²) < 4.78 is 0. The summed E-state index contributed by atoms with van der Waals surface area (Å²) >= 11 is 0. The summed E-state index contributed by atoms with van der Waals surface area (Å²) in [5, 5.41) is 1.14. The highest BCUT2D eigenvalue weighted by Crippen LogP contribution is 2.24. The summed E-state index contributed by atoms with van der Waals surface area (Å²) in [6.07, 6.45) is 2.35. The highest BCUT2D eigenvalue weighted by Gasteiger charge is 2.08. The molecular weight excluding hydrogens is 288 g/mol. The molecule has 0 atom stereocenters. The van der Waals surface area contributed by atoms with Crippen LogP contribution in [0.15, 0.2) is 30.5 Å². The van der Waals surface area contributed by atoms with E-state index in [0.29, 0.717) is 12.2 Å². The number of hydrogen-bond acceptors (Lipinski definition) is 6. The van der Waals surface area contributed by atoms with Crippen molar-refractivity contribution in [2.45, 2.75) is 13.3 Å². The number of nitrogens with zero attached hydrogens (tertiary/aromatic N) is 4. The third-order valence-corrected chi connectivity index (χ3v) is 3.84. The van der Waals surface area contributed by atoms with E-state index in [1.54, 1.807) is 6.20 Å². The normalized spacial score (nSPS) is 10.9. The fourth-order valence-corrected chi connectivity index (χ4v) is 2.55. The van der Waals surface area contributed by atoms with Crippen LogP contribution in [-0.4, -0.2) is 29.0 Å². The van der Waals surface area contributed by atoms with Crippen LogP contribution < -0.4 is 16.4 Å². The molecule has 4 N–H and O–H groups in total. The molecule has 0 aliphatic heterocycles. The van der Waals surface area contributed by atoms with Gasteiger partial charge in [-0.3, -0.25) is 0 Å². The van der Waals surface area contributed by atoms with Gasteiger partial charge >= 0.3 is 0 Å². The Hall–Kier alpha value is -2.89. The molecule has 0 radical (unpaired) electrons. The van der Waals surface area contributed by atoms with E-state index in [4.69, 9.17) is 11.5 Å². The Balaban J connectivity index is 2.00. The lowest BCUT2D eigenvalue weighted by Crippen LogP contribution is -2.10. The largest absolute Gasteiger partial charge is 0.383 e. The van der Waals surface area contributed by atoms with E-state index in [1.807, 2.05) is 25.1 Å². The van der Waals surface area contributed by atoms with Gasteiger partial charge in [-0.1, -0.05) is 6.07 Å². The molecule has 0 aliphatic carbocycles. The van der Waals surface area contributed by atoms with Crippen LogP contribution in [0.25, 0.3) is 10.9 Å². The van der Waals surface area contributed by atoms with Crippen molar-refractivity contribution in [2.75, 3.05) is 30.5 Å². The molecule has 0 unspecified atom stereocenters. The number of nitrogen functional groups attached to an aromatic ring is 2. The molecule has 6 heteroatoms. The van der Waals surface area contributed by atoms with Crippen molar-refractivity contribution in [3.05, 3.63) is 47.2 Å². The standard InChI is InChI=1S/C17H20N6/c1-10-6-15(23(2)3)21-14-5-4-11(8-13(10)14)7-12-9-20-17(19)22-16(12)18/h4-6,8-9H,7H2,1-3H3,(H4,18,19,20,22). The fraction of sp³-hybridized carbons (Fsp3) is 0.235. The zero-order valence-electron chi connectivity index (χ0n) is 13.5. The zero-order valence-corrected chi connectivity index (χ0v) is 13.5. The van der Waals surface area contributed by atoms with Crippen molar-refractivity contribution in [3.8, 4) is 0 Å². The Morgan fingerprint density at radius 2 is 1.87 bits per heavy atom. The minimum absolute atomic E-state index is 0.195. The number of hydrogen-bond donors (Lipinski definition) is 2. The SMILES string of the molecule is Cc1cc(N(C)C)nc2ccc(Cc3cnc(N)nc3N)cc12. The summed E-state index contributed by atoms with van der Waals surface area (Å²) in [7, 11) is 3.98. The van der Waals surface area contributed by atoms with E-state index in [-0.39, 0.29) is 5.95 Å². The quantitative estimate of drug-likeness (QED) is 0.770. The first-order valence-corrected chi connectivity index (χ1v) is 7.38. The molecule has 3 rings (SSSR count). The van der Waals surface area contributed by atoms with Gasteiger partial charge in [0, 0.05) is 37.7 Å². The summed E-state index contributed by atoms with van der Waals surface area (Å²) in [5.74, 6) is 1.58. The molecule has 0 saturated carbocycles. The van der Waals surface area contributed by atoms with Crippen molar-refractivity contribution in [3.63, 3.8) is 0 Å². The van der Waals surface area contributed by atoms with Crippen molar-refractivity contribution in [2.24, 2.45) is 0 Å². The van der Waals surface area contributed by atoms with Crippen LogP contribution in [0.4, 0.5) is 17.6 Å². The Morgan fingerprint density at radius 1 is 1.09 bits per heavy atom. The van der Waals surface area contributed by atoms with E-state index < -0.39 is 0 Å². The molecule has 0 aliphatic rings. The van der Waals surface area contributed by atoms with Crippen molar-refractivity contribution >= 4 is 28.5 Å². The third kappa shape index (κ3) is 3.01. The van der Waals surface area contributed by atoms with Crippen LogP contribution in [0.2, 0.25) is 0 Å². The fourth-order valence-electron chi connectivity index (χ4n) is 2.55. The van der Waals surface area contributed by atoms with Crippen LogP contribution in [0.5, 0.6) is 0 Å². The lowest BCUT2D eigenvalue weighted by atomic mass is 10.0. The van der Waals surface area contributed by atoms with E-state index in [1.165, 1.54) is 5.56 Å². The molecule has 2 aromatic heterocycles. The van der Waals surface area contributed by atoms with Crippen molar-refractivity contribution in [1.29, 1.82) is 0 Å². The first kappa shape index (κ1) is 15.0. The molecule has 1 aromatic carbocycles. The van der Waals surface area contributed by atoms with Crippen molar-refractivity contribution < 1.29 is 0 Å². The Kier molecular flexibility index (Phi) is 3.73. The predicted octanol–water partition coefficient (Wildman–Crippen LogP) is 2.15. The number of benzene rings is 1. The van der Waals surface area contributed by atoms with Crippen LogP contribution >= 0.6 is 0 Å². The van der Waals surface area contributed by atoms with Gasteiger partial charge in [-0.25, -0.2) is 9.97 Å². The van der Waals surface area contributed by atoms with E-state index in [2.05, 4.69) is 40.1 Å². The summed E-state index contributed by atoms with van der Waals surface area (Å²) in [4.78, 5) is 14.7. The highest BCUT2D eigenvalue weighted by atomic mass is 15.1. The molecule has 0 spiro atoms. The Bertz CT molecular complexity index is 872. The van der Waals surface area contributed by atoms with Gasteiger partial charge in [0.2, 0.25) is 5.95 Å². The second kappa shape index (κ2) is 5.72. The molecule has 6 nitrogen and oxygen atoms in total. The molecule has 2 heterocycles. The van der Waals surface area contributed by atoms with Gasteiger partial charge in [-0.2, -0.15) is 4.98 Å². The molecule has 118 valence electrons. The summed E-state index contributed by atoms with van der Waals surface area (Å²) in [6.45, 7) is 2.10. The van der Waals surface area contributed by atoms with Gasteiger partial charge in [0.15, 0.2) is 0 Å². The number of rotatable bonds is 3. The lowest BCUT2D eigenvalue weighted by Gasteiger charge is -2.14. The number of anilines is 3. The maximum atomic E-state index is 5.92. The smallest absolute Gasteiger partial charge is 0.221 e. The first-order chi connectivity index (χ1) is 10.9. The minimum atomic E-state index is 0.195. The minimum Gasteiger partial charge on any atom is -0.383 e. The number of aromatic nitrogens is 3. The second-order valence-electron chi connectivity index (χ2n) is 5.86. The van der Waals surface area contributed by atoms with Crippen LogP contribution in [-0.2, 0) is 6.42 Å². The highest BCUT2D eigenvalue weighted by molar-refractivity contribution is 5.84. The molecule has 0 fully saturated rings. The first-order valence-electron chi connectivity index (χ1n) is 7.38. The van der Waals surface area contributed by atoms with Crippen LogP contribution in [0, 0.1) is 6.92 Å². The van der Waals surface area contributed by atoms with Gasteiger partial charge < -0.3 is 16.4 Å². The average Bonchev–Trinajstić information content (AvgIpc) is 2.50. The number of aryl methyl sites for hydroxylation is 1. The van der Waals surface area contributed by atoms with Gasteiger partial charge in [0.05, 0.1) is 5.52 Å². The van der Waals surface area contributed by atoms with Gasteiger partial charge in [-0.15, -0.1) is 0 Å². The molecule has 0 saturated heterocycles. The maximum absolute atomic E-state index is 5.92. The monoisotopic (exact) mass is 308 g/mol. The third-order valence-electron chi connectivity index (χ3n) is 3.84. The van der Waals surface area contributed by atoms with E-state index in [9.17, 15) is 0 Å². The van der Waals surface area contributed by atoms with E-state index >= 15 is 0 Å². The molecule has 3 aromatic rings. The molecule has 0 amide bonds. The van der Waals surface area contributed by atoms with Gasteiger partial charge in [-0.05, 0) is 36.2 Å². The van der Waals surface area contributed by atoms with Crippen LogP contribution in [0.1, 0.15) is 16.7 Å². The number of fused-ring (bicyclic) bond motifs is 1. The lowest BCUT2D eigenvalue weighted by molar-refractivity contribution is 1.07. The van der Waals surface area contributed by atoms with Crippen LogP contribution in [0.3, 0.4) is 0 Å².